The molecule has 1 aromatic carbocycles. The van der Waals surface area contributed by atoms with Crippen LogP contribution in [0.4, 0.5) is 0 Å². The Morgan fingerprint density at radius 1 is 1.28 bits per heavy atom. The fraction of sp³-hybridized carbons (Fsp3) is 0.214. The Morgan fingerprint density at radius 3 is 2.83 bits per heavy atom. The van der Waals surface area contributed by atoms with Crippen LogP contribution >= 0.6 is 0 Å². The Balaban J connectivity index is 2.03. The number of furan rings is 1. The molecule has 1 atom stereocenters. The first-order chi connectivity index (χ1) is 8.63. The van der Waals surface area contributed by atoms with Crippen molar-refractivity contribution in [1.82, 2.24) is 9.78 Å². The highest BCUT2D eigenvalue weighted by atomic mass is 16.4. The summed E-state index contributed by atoms with van der Waals surface area (Å²) >= 11 is 0. The Bertz CT molecular complexity index is 697. The topological polar surface area (TPSA) is 51.2 Å². The van der Waals surface area contributed by atoms with Crippen molar-refractivity contribution in [2.45, 2.75) is 13.0 Å². The molecule has 3 aromatic rings. The zero-order valence-corrected chi connectivity index (χ0v) is 10.3. The number of nitrogens with zero attached hydrogens (tertiary/aromatic N) is 2. The number of aryl methyl sites for hydroxylation is 2. The molecule has 0 radical (unpaired) electrons. The molecule has 0 saturated heterocycles. The van der Waals surface area contributed by atoms with Gasteiger partial charge in [-0.3, -0.25) is 4.68 Å². The van der Waals surface area contributed by atoms with E-state index in [9.17, 15) is 5.11 Å². The van der Waals surface area contributed by atoms with Crippen LogP contribution in [0.1, 0.15) is 23.1 Å². The molecule has 1 unspecified atom stereocenters. The monoisotopic (exact) mass is 242 g/mol. The Hall–Kier alpha value is -2.07. The highest BCUT2D eigenvalue weighted by Crippen LogP contribution is 2.27. The van der Waals surface area contributed by atoms with Gasteiger partial charge in [0.15, 0.2) is 6.10 Å². The molecule has 3 rings (SSSR count). The summed E-state index contributed by atoms with van der Waals surface area (Å²) in [5.74, 6) is 0.523. The van der Waals surface area contributed by atoms with E-state index in [1.165, 1.54) is 5.56 Å². The van der Waals surface area contributed by atoms with E-state index in [2.05, 4.69) is 5.10 Å². The molecule has 92 valence electrons. The molecule has 2 aromatic heterocycles. The van der Waals surface area contributed by atoms with Crippen LogP contribution in [0.3, 0.4) is 0 Å². The minimum Gasteiger partial charge on any atom is -0.458 e. The van der Waals surface area contributed by atoms with Gasteiger partial charge in [0.25, 0.3) is 0 Å². The van der Waals surface area contributed by atoms with Gasteiger partial charge in [-0.1, -0.05) is 11.6 Å². The molecule has 0 amide bonds. The predicted molar refractivity (Wildman–Crippen MR) is 68.2 cm³/mol. The molecule has 0 aliphatic heterocycles. The van der Waals surface area contributed by atoms with Crippen molar-refractivity contribution in [2.24, 2.45) is 7.05 Å². The molecule has 4 nitrogen and oxygen atoms in total. The summed E-state index contributed by atoms with van der Waals surface area (Å²) < 4.78 is 7.31. The molecular formula is C14H14N2O2. The SMILES string of the molecule is Cc1ccc2oc(C(O)c3ccn(C)n3)cc2c1. The minimum absolute atomic E-state index is 0.523. The minimum atomic E-state index is -0.820. The van der Waals surface area contributed by atoms with E-state index in [1.54, 1.807) is 16.9 Å². The van der Waals surface area contributed by atoms with E-state index >= 15 is 0 Å². The van der Waals surface area contributed by atoms with Crippen molar-refractivity contribution in [2.75, 3.05) is 0 Å². The van der Waals surface area contributed by atoms with Crippen molar-refractivity contribution in [3.63, 3.8) is 0 Å². The Labute approximate surface area is 104 Å². The van der Waals surface area contributed by atoms with E-state index in [4.69, 9.17) is 4.42 Å². The standard InChI is InChI=1S/C14H14N2O2/c1-9-3-4-12-10(7-9)8-13(18-12)14(17)11-5-6-16(2)15-11/h3-8,14,17H,1-2H3. The second kappa shape index (κ2) is 3.99. The van der Waals surface area contributed by atoms with Crippen LogP contribution in [0.5, 0.6) is 0 Å². The molecule has 0 aliphatic rings. The smallest absolute Gasteiger partial charge is 0.155 e. The van der Waals surface area contributed by atoms with Crippen molar-refractivity contribution in [1.29, 1.82) is 0 Å². The van der Waals surface area contributed by atoms with E-state index in [0.717, 1.165) is 11.0 Å². The third-order valence-electron chi connectivity index (χ3n) is 2.97. The highest BCUT2D eigenvalue weighted by Gasteiger charge is 2.17. The lowest BCUT2D eigenvalue weighted by molar-refractivity contribution is 0.187. The van der Waals surface area contributed by atoms with Crippen LogP contribution in [0, 0.1) is 6.92 Å². The van der Waals surface area contributed by atoms with Gasteiger partial charge < -0.3 is 9.52 Å². The van der Waals surface area contributed by atoms with Gasteiger partial charge in [-0.2, -0.15) is 5.10 Å². The summed E-state index contributed by atoms with van der Waals surface area (Å²) in [7, 11) is 1.82. The number of fused-ring (bicyclic) bond motifs is 1. The van der Waals surface area contributed by atoms with Gasteiger partial charge in [-0.05, 0) is 31.2 Å². The summed E-state index contributed by atoms with van der Waals surface area (Å²) in [6.07, 6.45) is 0.977. The molecule has 4 heteroatoms. The first-order valence-electron chi connectivity index (χ1n) is 5.81. The summed E-state index contributed by atoms with van der Waals surface area (Å²) in [5.41, 5.74) is 2.54. The van der Waals surface area contributed by atoms with E-state index in [-0.39, 0.29) is 0 Å². The third-order valence-corrected chi connectivity index (χ3v) is 2.97. The average molecular weight is 242 g/mol. The zero-order valence-electron chi connectivity index (χ0n) is 10.3. The molecule has 0 bridgehead atoms. The molecule has 18 heavy (non-hydrogen) atoms. The summed E-state index contributed by atoms with van der Waals surface area (Å²) in [5, 5.41) is 15.4. The molecule has 1 N–H and O–H groups in total. The quantitative estimate of drug-likeness (QED) is 0.751. The van der Waals surface area contributed by atoms with Crippen molar-refractivity contribution < 1.29 is 9.52 Å². The van der Waals surface area contributed by atoms with Crippen LogP contribution in [0.25, 0.3) is 11.0 Å². The van der Waals surface area contributed by atoms with Crippen molar-refractivity contribution in [3.05, 3.63) is 53.5 Å². The predicted octanol–water partition coefficient (Wildman–Crippen LogP) is 2.56. The number of aliphatic hydroxyl groups excluding tert-OH is 1. The first-order valence-corrected chi connectivity index (χ1v) is 5.81. The molecule has 2 heterocycles. The average Bonchev–Trinajstić information content (AvgIpc) is 2.93. The lowest BCUT2D eigenvalue weighted by atomic mass is 10.1. The van der Waals surface area contributed by atoms with Crippen molar-refractivity contribution in [3.8, 4) is 0 Å². The van der Waals surface area contributed by atoms with Crippen LogP contribution in [0.2, 0.25) is 0 Å². The fourth-order valence-electron chi connectivity index (χ4n) is 2.04. The number of benzene rings is 1. The van der Waals surface area contributed by atoms with Crippen LogP contribution in [-0.2, 0) is 7.05 Å². The van der Waals surface area contributed by atoms with Crippen LogP contribution < -0.4 is 0 Å². The second-order valence-corrected chi connectivity index (χ2v) is 4.51. The fourth-order valence-corrected chi connectivity index (χ4v) is 2.04. The number of aromatic nitrogens is 2. The van der Waals surface area contributed by atoms with Gasteiger partial charge in [-0.15, -0.1) is 0 Å². The third kappa shape index (κ3) is 1.80. The van der Waals surface area contributed by atoms with Crippen LogP contribution in [-0.4, -0.2) is 14.9 Å². The van der Waals surface area contributed by atoms with Gasteiger partial charge >= 0.3 is 0 Å². The largest absolute Gasteiger partial charge is 0.458 e. The molecule has 0 saturated carbocycles. The Kier molecular flexibility index (Phi) is 2.45. The van der Waals surface area contributed by atoms with E-state index < -0.39 is 6.10 Å². The maximum Gasteiger partial charge on any atom is 0.155 e. The van der Waals surface area contributed by atoms with Crippen molar-refractivity contribution >= 4 is 11.0 Å². The number of hydrogen-bond donors (Lipinski definition) is 1. The van der Waals surface area contributed by atoms with Gasteiger partial charge in [0, 0.05) is 18.6 Å². The maximum absolute atomic E-state index is 10.2. The van der Waals surface area contributed by atoms with E-state index in [0.29, 0.717) is 11.5 Å². The van der Waals surface area contributed by atoms with Gasteiger partial charge in [0.05, 0.1) is 5.69 Å². The molecular weight excluding hydrogens is 228 g/mol. The summed E-state index contributed by atoms with van der Waals surface area (Å²) in [4.78, 5) is 0. The zero-order chi connectivity index (χ0) is 12.7. The summed E-state index contributed by atoms with van der Waals surface area (Å²) in [6, 6.07) is 9.58. The highest BCUT2D eigenvalue weighted by molar-refractivity contribution is 5.78. The van der Waals surface area contributed by atoms with Gasteiger partial charge in [-0.25, -0.2) is 0 Å². The normalized spacial score (nSPS) is 13.1. The lowest BCUT2D eigenvalue weighted by Crippen LogP contribution is -2.00. The van der Waals surface area contributed by atoms with Gasteiger partial charge in [0.2, 0.25) is 0 Å². The first kappa shape index (κ1) is 11.0. The number of hydrogen-bond acceptors (Lipinski definition) is 3. The Morgan fingerprint density at radius 2 is 2.11 bits per heavy atom. The number of rotatable bonds is 2. The maximum atomic E-state index is 10.2. The number of aliphatic hydroxyl groups is 1. The molecule has 0 fully saturated rings. The lowest BCUT2D eigenvalue weighted by Gasteiger charge is -2.02. The summed E-state index contributed by atoms with van der Waals surface area (Å²) in [6.45, 7) is 2.03. The van der Waals surface area contributed by atoms with Gasteiger partial charge in [0.1, 0.15) is 11.3 Å². The second-order valence-electron chi connectivity index (χ2n) is 4.51. The van der Waals surface area contributed by atoms with E-state index in [1.807, 2.05) is 38.2 Å². The molecule has 0 spiro atoms. The van der Waals surface area contributed by atoms with Crippen LogP contribution in [0.15, 0.2) is 40.9 Å². The molecule has 0 aliphatic carbocycles.